The Morgan fingerprint density at radius 1 is 1.31 bits per heavy atom. The Bertz CT molecular complexity index is 241. The molecule has 0 aliphatic rings. The summed E-state index contributed by atoms with van der Waals surface area (Å²) in [5.74, 6) is 0. The van der Waals surface area contributed by atoms with E-state index in [1.54, 1.807) is 11.8 Å². The van der Waals surface area contributed by atoms with Crippen molar-refractivity contribution in [3.63, 3.8) is 0 Å². The molecular weight excluding hydrogens is 198 g/mol. The van der Waals surface area contributed by atoms with Crippen LogP contribution in [-0.2, 0) is 0 Å². The van der Waals surface area contributed by atoms with Crippen LogP contribution in [0.1, 0.15) is 20.8 Å². The van der Waals surface area contributed by atoms with Crippen LogP contribution in [0.2, 0.25) is 0 Å². The number of hydrogen-bond acceptors (Lipinski definition) is 3. The van der Waals surface area contributed by atoms with Crippen LogP contribution in [0, 0.1) is 0 Å². The van der Waals surface area contributed by atoms with Gasteiger partial charge in [-0.3, -0.25) is 0 Å². The van der Waals surface area contributed by atoms with E-state index in [1.807, 2.05) is 36.2 Å². The van der Waals surface area contributed by atoms with Crippen molar-refractivity contribution in [2.75, 3.05) is 5.08 Å². The molecule has 0 N–H and O–H groups in total. The molecule has 0 spiro atoms. The summed E-state index contributed by atoms with van der Waals surface area (Å²) < 4.78 is 0.349. The van der Waals surface area contributed by atoms with Crippen LogP contribution in [0.3, 0.4) is 0 Å². The van der Waals surface area contributed by atoms with E-state index >= 15 is 0 Å². The lowest BCUT2D eigenvalue weighted by atomic mass is 10.3. The molecule has 1 nitrogen and oxygen atoms in total. The third-order valence-corrected chi connectivity index (χ3v) is 3.68. The maximum Gasteiger partial charge on any atom is 0.0967 e. The summed E-state index contributed by atoms with van der Waals surface area (Å²) >= 11 is 3.75. The molecule has 0 aliphatic carbocycles. The van der Waals surface area contributed by atoms with E-state index in [0.29, 0.717) is 4.75 Å². The van der Waals surface area contributed by atoms with Crippen molar-refractivity contribution in [3.05, 3.63) is 24.4 Å². The van der Waals surface area contributed by atoms with Crippen molar-refractivity contribution >= 4 is 23.5 Å². The SMILES string of the molecule is CC(C)(C)SCSc1ccccn1. The van der Waals surface area contributed by atoms with Crippen LogP contribution in [0.5, 0.6) is 0 Å². The first-order chi connectivity index (χ1) is 6.08. The summed E-state index contributed by atoms with van der Waals surface area (Å²) in [5, 5.41) is 2.18. The van der Waals surface area contributed by atoms with Gasteiger partial charge in [0.2, 0.25) is 0 Å². The lowest BCUT2D eigenvalue weighted by Crippen LogP contribution is -2.07. The zero-order valence-electron chi connectivity index (χ0n) is 8.28. The van der Waals surface area contributed by atoms with Gasteiger partial charge in [0.1, 0.15) is 0 Å². The Balaban J connectivity index is 2.29. The molecule has 72 valence electrons. The highest BCUT2D eigenvalue weighted by Gasteiger charge is 2.09. The van der Waals surface area contributed by atoms with Crippen LogP contribution in [0.4, 0.5) is 0 Å². The normalized spacial score (nSPS) is 11.6. The molecule has 1 aromatic rings. The smallest absolute Gasteiger partial charge is 0.0967 e. The van der Waals surface area contributed by atoms with Gasteiger partial charge in [-0.25, -0.2) is 4.98 Å². The summed E-state index contributed by atoms with van der Waals surface area (Å²) in [6.07, 6.45) is 1.84. The molecule has 0 atom stereocenters. The van der Waals surface area contributed by atoms with Crippen molar-refractivity contribution < 1.29 is 0 Å². The number of aromatic nitrogens is 1. The molecule has 1 rings (SSSR count). The summed E-state index contributed by atoms with van der Waals surface area (Å²) in [6, 6.07) is 6.02. The van der Waals surface area contributed by atoms with Crippen molar-refractivity contribution in [1.82, 2.24) is 4.98 Å². The number of nitrogens with zero attached hydrogens (tertiary/aromatic N) is 1. The van der Waals surface area contributed by atoms with Crippen LogP contribution in [0.25, 0.3) is 0 Å². The molecule has 0 aromatic carbocycles. The Hall–Kier alpha value is -0.150. The molecular formula is C10H15NS2. The largest absolute Gasteiger partial charge is 0.250 e. The number of pyridine rings is 1. The monoisotopic (exact) mass is 213 g/mol. The minimum Gasteiger partial charge on any atom is -0.250 e. The van der Waals surface area contributed by atoms with Crippen LogP contribution in [0.15, 0.2) is 29.4 Å². The fourth-order valence-electron chi connectivity index (χ4n) is 0.699. The topological polar surface area (TPSA) is 12.9 Å². The van der Waals surface area contributed by atoms with Gasteiger partial charge in [-0.05, 0) is 12.1 Å². The molecule has 1 heterocycles. The van der Waals surface area contributed by atoms with Crippen molar-refractivity contribution in [1.29, 1.82) is 0 Å². The van der Waals surface area contributed by atoms with Crippen molar-refractivity contribution in [3.8, 4) is 0 Å². The summed E-state index contributed by atoms with van der Waals surface area (Å²) in [5.41, 5.74) is 0. The first kappa shape index (κ1) is 10.9. The van der Waals surface area contributed by atoms with Gasteiger partial charge in [0.05, 0.1) is 5.03 Å². The highest BCUT2D eigenvalue weighted by Crippen LogP contribution is 2.29. The lowest BCUT2D eigenvalue weighted by molar-refractivity contribution is 0.805. The Kier molecular flexibility index (Phi) is 4.13. The van der Waals surface area contributed by atoms with Crippen LogP contribution >= 0.6 is 23.5 Å². The maximum atomic E-state index is 4.25. The summed E-state index contributed by atoms with van der Waals surface area (Å²) in [6.45, 7) is 6.70. The van der Waals surface area contributed by atoms with E-state index in [4.69, 9.17) is 0 Å². The minimum atomic E-state index is 0.349. The van der Waals surface area contributed by atoms with Gasteiger partial charge in [0, 0.05) is 16.0 Å². The molecule has 0 radical (unpaired) electrons. The molecule has 0 aliphatic heterocycles. The van der Waals surface area contributed by atoms with E-state index in [2.05, 4.69) is 25.8 Å². The molecule has 0 amide bonds. The second-order valence-corrected chi connectivity index (χ2v) is 6.85. The Morgan fingerprint density at radius 3 is 2.62 bits per heavy atom. The summed E-state index contributed by atoms with van der Waals surface area (Å²) in [4.78, 5) is 4.25. The van der Waals surface area contributed by atoms with E-state index in [-0.39, 0.29) is 0 Å². The standard InChI is InChI=1S/C10H15NS2/c1-10(2,3)13-8-12-9-6-4-5-7-11-9/h4-7H,8H2,1-3H3. The quantitative estimate of drug-likeness (QED) is 0.562. The fraction of sp³-hybridized carbons (Fsp3) is 0.500. The van der Waals surface area contributed by atoms with E-state index < -0.39 is 0 Å². The molecule has 0 unspecified atom stereocenters. The average molecular weight is 213 g/mol. The van der Waals surface area contributed by atoms with Gasteiger partial charge in [0.15, 0.2) is 0 Å². The van der Waals surface area contributed by atoms with Gasteiger partial charge in [-0.15, -0.1) is 11.8 Å². The van der Waals surface area contributed by atoms with Crippen LogP contribution in [-0.4, -0.2) is 14.8 Å². The van der Waals surface area contributed by atoms with Gasteiger partial charge in [-0.1, -0.05) is 38.6 Å². The van der Waals surface area contributed by atoms with Crippen molar-refractivity contribution in [2.24, 2.45) is 0 Å². The van der Waals surface area contributed by atoms with Gasteiger partial charge in [-0.2, -0.15) is 0 Å². The molecule has 0 saturated heterocycles. The molecule has 0 saturated carbocycles. The zero-order chi connectivity index (χ0) is 9.73. The van der Waals surface area contributed by atoms with Crippen LogP contribution < -0.4 is 0 Å². The number of rotatable bonds is 3. The van der Waals surface area contributed by atoms with Crippen molar-refractivity contribution in [2.45, 2.75) is 30.5 Å². The Labute approximate surface area is 88.7 Å². The van der Waals surface area contributed by atoms with E-state index in [1.165, 1.54) is 0 Å². The first-order valence-corrected chi connectivity index (χ1v) is 6.23. The summed E-state index contributed by atoms with van der Waals surface area (Å²) in [7, 11) is 0. The molecule has 1 aromatic heterocycles. The molecule has 0 fully saturated rings. The lowest BCUT2D eigenvalue weighted by Gasteiger charge is -2.16. The number of thioether (sulfide) groups is 2. The highest BCUT2D eigenvalue weighted by atomic mass is 32.2. The average Bonchev–Trinajstić information content (AvgIpc) is 2.04. The maximum absolute atomic E-state index is 4.25. The van der Waals surface area contributed by atoms with Gasteiger partial charge >= 0.3 is 0 Å². The number of hydrogen-bond donors (Lipinski definition) is 0. The highest BCUT2D eigenvalue weighted by molar-refractivity contribution is 8.16. The third kappa shape index (κ3) is 5.21. The predicted molar refractivity (Wildman–Crippen MR) is 62.3 cm³/mol. The second-order valence-electron chi connectivity index (χ2n) is 3.69. The zero-order valence-corrected chi connectivity index (χ0v) is 9.91. The van der Waals surface area contributed by atoms with E-state index in [0.717, 1.165) is 10.1 Å². The van der Waals surface area contributed by atoms with Gasteiger partial charge < -0.3 is 0 Å². The second kappa shape index (κ2) is 4.91. The van der Waals surface area contributed by atoms with E-state index in [9.17, 15) is 0 Å². The fourth-order valence-corrected chi connectivity index (χ4v) is 3.14. The molecule has 13 heavy (non-hydrogen) atoms. The Morgan fingerprint density at radius 2 is 2.08 bits per heavy atom. The first-order valence-electron chi connectivity index (χ1n) is 4.26. The predicted octanol–water partition coefficient (Wildman–Crippen LogP) is 3.66. The molecule has 3 heteroatoms. The molecule has 0 bridgehead atoms. The third-order valence-electron chi connectivity index (χ3n) is 1.34. The van der Waals surface area contributed by atoms with Gasteiger partial charge in [0.25, 0.3) is 0 Å². The minimum absolute atomic E-state index is 0.349.